The lowest BCUT2D eigenvalue weighted by Crippen LogP contribution is -2.29. The normalized spacial score (nSPS) is 17.0. The standard InChI is InChI=1S/C28H26FNO5/c1-4-35-22-12-7-19(8-13-22)25-24(26(31)20-9-14-23(29)17(2)15-20)27(32)28(33)30(25)16-18-5-10-21(34-3)11-6-18/h5-15,25,31H,4,16H2,1-3H3/b26-24-. The average Bonchev–Trinajstić information content (AvgIpc) is 3.11. The van der Waals surface area contributed by atoms with Crippen molar-refractivity contribution in [3.8, 4) is 11.5 Å². The van der Waals surface area contributed by atoms with Gasteiger partial charge in [0, 0.05) is 12.1 Å². The van der Waals surface area contributed by atoms with Gasteiger partial charge in [0.05, 0.1) is 25.3 Å². The fraction of sp³-hybridized carbons (Fsp3) is 0.214. The van der Waals surface area contributed by atoms with Crippen molar-refractivity contribution in [2.45, 2.75) is 26.4 Å². The summed E-state index contributed by atoms with van der Waals surface area (Å²) in [6.07, 6.45) is 0. The SMILES string of the molecule is CCOc1ccc(C2/C(=C(/O)c3ccc(F)c(C)c3)C(=O)C(=O)N2Cc2ccc(OC)cc2)cc1. The van der Waals surface area contributed by atoms with Gasteiger partial charge in [-0.05, 0) is 73.0 Å². The van der Waals surface area contributed by atoms with Crippen molar-refractivity contribution >= 4 is 17.4 Å². The molecule has 4 rings (SSSR count). The highest BCUT2D eigenvalue weighted by molar-refractivity contribution is 6.46. The summed E-state index contributed by atoms with van der Waals surface area (Å²) in [4.78, 5) is 27.8. The number of halogens is 1. The third kappa shape index (κ3) is 4.75. The van der Waals surface area contributed by atoms with Gasteiger partial charge >= 0.3 is 0 Å². The lowest BCUT2D eigenvalue weighted by molar-refractivity contribution is -0.140. The van der Waals surface area contributed by atoms with Gasteiger partial charge in [-0.1, -0.05) is 24.3 Å². The summed E-state index contributed by atoms with van der Waals surface area (Å²) in [5, 5.41) is 11.2. The zero-order valence-electron chi connectivity index (χ0n) is 19.7. The van der Waals surface area contributed by atoms with Crippen LogP contribution in [0.1, 0.15) is 35.2 Å². The largest absolute Gasteiger partial charge is 0.507 e. The zero-order valence-corrected chi connectivity index (χ0v) is 19.7. The maximum absolute atomic E-state index is 13.8. The molecule has 1 aliphatic rings. The summed E-state index contributed by atoms with van der Waals surface area (Å²) in [7, 11) is 1.57. The van der Waals surface area contributed by atoms with E-state index in [0.717, 1.165) is 5.56 Å². The summed E-state index contributed by atoms with van der Waals surface area (Å²) in [6.45, 7) is 4.09. The molecule has 0 aliphatic carbocycles. The molecule has 3 aromatic carbocycles. The number of rotatable bonds is 7. The van der Waals surface area contributed by atoms with E-state index in [4.69, 9.17) is 9.47 Å². The van der Waals surface area contributed by atoms with Crippen LogP contribution < -0.4 is 9.47 Å². The minimum Gasteiger partial charge on any atom is -0.507 e. The van der Waals surface area contributed by atoms with E-state index in [-0.39, 0.29) is 23.4 Å². The first-order chi connectivity index (χ1) is 16.8. The van der Waals surface area contributed by atoms with Gasteiger partial charge in [-0.3, -0.25) is 9.59 Å². The molecule has 1 amide bonds. The van der Waals surface area contributed by atoms with Crippen molar-refractivity contribution in [2.24, 2.45) is 0 Å². The Labute approximate surface area is 203 Å². The molecule has 35 heavy (non-hydrogen) atoms. The van der Waals surface area contributed by atoms with Crippen LogP contribution in [0.2, 0.25) is 0 Å². The molecule has 0 aromatic heterocycles. The third-order valence-corrected chi connectivity index (χ3v) is 5.99. The van der Waals surface area contributed by atoms with Crippen LogP contribution in [0, 0.1) is 12.7 Å². The summed E-state index contributed by atoms with van der Waals surface area (Å²) in [5.74, 6) is -0.966. The Morgan fingerprint density at radius 3 is 2.26 bits per heavy atom. The number of aliphatic hydroxyl groups is 1. The Morgan fingerprint density at radius 2 is 1.66 bits per heavy atom. The second-order valence-electron chi connectivity index (χ2n) is 8.24. The molecule has 1 aliphatic heterocycles. The molecule has 1 N–H and O–H groups in total. The number of ether oxygens (including phenoxy) is 2. The van der Waals surface area contributed by atoms with E-state index in [2.05, 4.69) is 0 Å². The topological polar surface area (TPSA) is 76.1 Å². The highest BCUT2D eigenvalue weighted by atomic mass is 19.1. The number of hydrogen-bond acceptors (Lipinski definition) is 5. The molecule has 1 atom stereocenters. The summed E-state index contributed by atoms with van der Waals surface area (Å²) >= 11 is 0. The molecule has 1 heterocycles. The van der Waals surface area contributed by atoms with E-state index in [1.54, 1.807) is 50.4 Å². The quantitative estimate of drug-likeness (QED) is 0.290. The maximum atomic E-state index is 13.8. The van der Waals surface area contributed by atoms with Gasteiger partial charge in [-0.25, -0.2) is 4.39 Å². The molecule has 1 fully saturated rings. The molecule has 7 heteroatoms. The van der Waals surface area contributed by atoms with Crippen LogP contribution in [0.5, 0.6) is 11.5 Å². The summed E-state index contributed by atoms with van der Waals surface area (Å²) in [5.41, 5.74) is 1.97. The number of carbonyl (C=O) groups excluding carboxylic acids is 2. The Kier molecular flexibility index (Phi) is 6.87. The lowest BCUT2D eigenvalue weighted by Gasteiger charge is -2.25. The maximum Gasteiger partial charge on any atom is 0.295 e. The van der Waals surface area contributed by atoms with Crippen LogP contribution in [0.3, 0.4) is 0 Å². The van der Waals surface area contributed by atoms with Crippen molar-refractivity contribution in [1.82, 2.24) is 4.90 Å². The van der Waals surface area contributed by atoms with E-state index in [0.29, 0.717) is 29.2 Å². The molecule has 180 valence electrons. The minimum atomic E-state index is -0.835. The highest BCUT2D eigenvalue weighted by Crippen LogP contribution is 2.41. The average molecular weight is 476 g/mol. The number of aliphatic hydroxyl groups excluding tert-OH is 1. The summed E-state index contributed by atoms with van der Waals surface area (Å²) < 4.78 is 24.6. The first-order valence-electron chi connectivity index (χ1n) is 11.2. The van der Waals surface area contributed by atoms with Crippen molar-refractivity contribution in [1.29, 1.82) is 0 Å². The molecule has 6 nitrogen and oxygen atoms in total. The van der Waals surface area contributed by atoms with Crippen molar-refractivity contribution in [3.63, 3.8) is 0 Å². The number of ketones is 1. The smallest absolute Gasteiger partial charge is 0.295 e. The fourth-order valence-electron chi connectivity index (χ4n) is 4.18. The van der Waals surface area contributed by atoms with Crippen LogP contribution in [-0.4, -0.2) is 35.4 Å². The minimum absolute atomic E-state index is 0.0429. The van der Waals surface area contributed by atoms with Gasteiger partial charge in [0.2, 0.25) is 0 Å². The number of aryl methyl sites for hydroxylation is 1. The molecule has 0 saturated carbocycles. The van der Waals surface area contributed by atoms with Gasteiger partial charge in [-0.15, -0.1) is 0 Å². The van der Waals surface area contributed by atoms with Crippen LogP contribution in [0.15, 0.2) is 72.3 Å². The van der Waals surface area contributed by atoms with Gasteiger partial charge in [-0.2, -0.15) is 0 Å². The Hall–Kier alpha value is -4.13. The van der Waals surface area contributed by atoms with Crippen LogP contribution in [-0.2, 0) is 16.1 Å². The van der Waals surface area contributed by atoms with Crippen LogP contribution in [0.4, 0.5) is 4.39 Å². The van der Waals surface area contributed by atoms with E-state index in [1.165, 1.54) is 23.1 Å². The monoisotopic (exact) mass is 475 g/mol. The van der Waals surface area contributed by atoms with E-state index >= 15 is 0 Å². The molecule has 0 bridgehead atoms. The second kappa shape index (κ2) is 10.0. The van der Waals surface area contributed by atoms with Gasteiger partial charge in [0.25, 0.3) is 11.7 Å². The van der Waals surface area contributed by atoms with Crippen molar-refractivity contribution in [3.05, 3.63) is 100 Å². The number of amides is 1. The lowest BCUT2D eigenvalue weighted by atomic mass is 9.94. The Morgan fingerprint density at radius 1 is 1.00 bits per heavy atom. The molecule has 0 spiro atoms. The molecular formula is C28H26FNO5. The predicted octanol–water partition coefficient (Wildman–Crippen LogP) is 5.16. The molecule has 1 saturated heterocycles. The summed E-state index contributed by atoms with van der Waals surface area (Å²) in [6, 6.07) is 17.5. The van der Waals surface area contributed by atoms with Gasteiger partial charge in [0.15, 0.2) is 0 Å². The zero-order chi connectivity index (χ0) is 25.1. The first kappa shape index (κ1) is 24.0. The van der Waals surface area contributed by atoms with Crippen molar-refractivity contribution in [2.75, 3.05) is 13.7 Å². The molecule has 0 radical (unpaired) electrons. The number of benzene rings is 3. The Bertz CT molecular complexity index is 1280. The second-order valence-corrected chi connectivity index (χ2v) is 8.24. The predicted molar refractivity (Wildman–Crippen MR) is 130 cm³/mol. The van der Waals surface area contributed by atoms with E-state index in [9.17, 15) is 19.1 Å². The highest BCUT2D eigenvalue weighted by Gasteiger charge is 2.46. The fourth-order valence-corrected chi connectivity index (χ4v) is 4.18. The van der Waals surface area contributed by atoms with Gasteiger partial charge in [0.1, 0.15) is 23.1 Å². The molecule has 1 unspecified atom stereocenters. The number of carbonyl (C=O) groups is 2. The van der Waals surface area contributed by atoms with Gasteiger partial charge < -0.3 is 19.5 Å². The van der Waals surface area contributed by atoms with E-state index in [1.807, 2.05) is 19.1 Å². The first-order valence-corrected chi connectivity index (χ1v) is 11.2. The molecule has 3 aromatic rings. The molecular weight excluding hydrogens is 449 g/mol. The number of nitrogens with zero attached hydrogens (tertiary/aromatic N) is 1. The van der Waals surface area contributed by atoms with Crippen LogP contribution in [0.25, 0.3) is 5.76 Å². The van der Waals surface area contributed by atoms with E-state index < -0.39 is 23.5 Å². The number of Topliss-reactive ketones (excluding diaryl/α,β-unsaturated/α-hetero) is 1. The van der Waals surface area contributed by atoms with Crippen LogP contribution >= 0.6 is 0 Å². The number of likely N-dealkylation sites (tertiary alicyclic amines) is 1. The number of methoxy groups -OCH3 is 1. The Balaban J connectivity index is 1.82. The van der Waals surface area contributed by atoms with Crippen molar-refractivity contribution < 1.29 is 28.6 Å². The number of hydrogen-bond donors (Lipinski definition) is 1. The third-order valence-electron chi connectivity index (χ3n) is 5.99.